The van der Waals surface area contributed by atoms with Crippen LogP contribution in [-0.4, -0.2) is 45.3 Å². The third kappa shape index (κ3) is 5.32. The number of hydrogen-bond acceptors (Lipinski definition) is 8. The number of para-hydroxylation sites is 2. The highest BCUT2D eigenvalue weighted by Crippen LogP contribution is 2.22. The first kappa shape index (κ1) is 21.7. The number of pyridine rings is 1. The summed E-state index contributed by atoms with van der Waals surface area (Å²) in [7, 11) is 1.49. The van der Waals surface area contributed by atoms with E-state index in [0.717, 1.165) is 5.01 Å². The predicted molar refractivity (Wildman–Crippen MR) is 114 cm³/mol. The maximum Gasteiger partial charge on any atom is 0.412 e. The fourth-order valence-corrected chi connectivity index (χ4v) is 2.65. The molecule has 3 aromatic rings. The molecule has 2 aromatic heterocycles. The van der Waals surface area contributed by atoms with Crippen molar-refractivity contribution in [3.63, 3.8) is 0 Å². The van der Waals surface area contributed by atoms with Crippen molar-refractivity contribution in [2.24, 2.45) is 11.1 Å². The van der Waals surface area contributed by atoms with Crippen LogP contribution in [0.15, 0.2) is 47.7 Å². The van der Waals surface area contributed by atoms with Gasteiger partial charge in [0.15, 0.2) is 0 Å². The maximum absolute atomic E-state index is 11.8. The second-order valence-electron chi connectivity index (χ2n) is 7.09. The summed E-state index contributed by atoms with van der Waals surface area (Å²) in [6, 6.07) is 12.6. The van der Waals surface area contributed by atoms with E-state index in [9.17, 15) is 4.79 Å². The van der Waals surface area contributed by atoms with Crippen LogP contribution in [-0.2, 0) is 11.3 Å². The second-order valence-corrected chi connectivity index (χ2v) is 7.09. The highest BCUT2D eigenvalue weighted by atomic mass is 16.5. The molecule has 0 aliphatic heterocycles. The minimum atomic E-state index is -0.573. The van der Waals surface area contributed by atoms with E-state index in [2.05, 4.69) is 20.5 Å². The molecule has 31 heavy (non-hydrogen) atoms. The van der Waals surface area contributed by atoms with E-state index < -0.39 is 6.09 Å². The number of nitrogens with zero attached hydrogens (tertiary/aromatic N) is 5. The van der Waals surface area contributed by atoms with Gasteiger partial charge in [0.1, 0.15) is 12.4 Å². The average Bonchev–Trinajstić information content (AvgIpc) is 3.13. The Kier molecular flexibility index (Phi) is 6.75. The largest absolute Gasteiger partial charge is 0.458 e. The number of carbonyl (C=O) groups excluding carboxylic acids is 1. The number of nitrogens with one attached hydrogen (secondary N) is 3. The normalized spacial score (nSPS) is 10.7. The van der Waals surface area contributed by atoms with Crippen molar-refractivity contribution >= 4 is 28.9 Å². The van der Waals surface area contributed by atoms with E-state index >= 15 is 0 Å². The molecule has 0 fully saturated rings. The molecule has 11 nitrogen and oxygen atoms in total. The first-order valence-corrected chi connectivity index (χ1v) is 9.59. The van der Waals surface area contributed by atoms with Crippen molar-refractivity contribution in [3.8, 4) is 6.01 Å². The van der Waals surface area contributed by atoms with Gasteiger partial charge in [0, 0.05) is 7.05 Å². The summed E-state index contributed by atoms with van der Waals surface area (Å²) in [5, 5.41) is 15.3. The van der Waals surface area contributed by atoms with Gasteiger partial charge < -0.3 is 9.47 Å². The number of benzene rings is 1. The van der Waals surface area contributed by atoms with Gasteiger partial charge in [-0.25, -0.2) is 19.4 Å². The molecule has 1 aromatic carbocycles. The number of aromatic nitrogens is 3. The van der Waals surface area contributed by atoms with Gasteiger partial charge in [-0.1, -0.05) is 37.3 Å². The van der Waals surface area contributed by atoms with Crippen molar-refractivity contribution in [2.75, 3.05) is 19.0 Å². The number of rotatable bonds is 7. The Balaban J connectivity index is 1.76. The smallest absolute Gasteiger partial charge is 0.412 e. The summed E-state index contributed by atoms with van der Waals surface area (Å²) in [4.78, 5) is 20.6. The summed E-state index contributed by atoms with van der Waals surface area (Å²) < 4.78 is 12.4. The molecule has 0 aliphatic carbocycles. The summed E-state index contributed by atoms with van der Waals surface area (Å²) >= 11 is 0. The van der Waals surface area contributed by atoms with Gasteiger partial charge in [-0.15, -0.1) is 0 Å². The van der Waals surface area contributed by atoms with E-state index in [4.69, 9.17) is 20.4 Å². The van der Waals surface area contributed by atoms with Gasteiger partial charge in [0.25, 0.3) is 0 Å². The van der Waals surface area contributed by atoms with Crippen LogP contribution in [0.25, 0.3) is 11.0 Å². The molecule has 3 N–H and O–H groups in total. The van der Waals surface area contributed by atoms with E-state index in [1.54, 1.807) is 30.3 Å². The highest BCUT2D eigenvalue weighted by Gasteiger charge is 2.18. The summed E-state index contributed by atoms with van der Waals surface area (Å²) in [6.45, 7) is 4.27. The lowest BCUT2D eigenvalue weighted by Gasteiger charge is -2.15. The fraction of sp³-hybridized carbons (Fsp3) is 0.300. The van der Waals surface area contributed by atoms with Crippen molar-refractivity contribution < 1.29 is 14.3 Å². The lowest BCUT2D eigenvalue weighted by Crippen LogP contribution is -2.27. The minimum absolute atomic E-state index is 0.0505. The number of hydrogen-bond donors (Lipinski definition) is 3. The molecule has 0 spiro atoms. The third-order valence-corrected chi connectivity index (χ3v) is 4.13. The Morgan fingerprint density at radius 1 is 1.23 bits per heavy atom. The Hall–Kier alpha value is -4.02. The standard InChI is InChI=1S/C20H24N8O3/c1-13(2)11-31-20(29)25-17-10-6-7-14(23-17)12-30-19-24-15-8-4-5-9-16(15)28(19)18(21)27(3)26-22/h4-10,13,21-22H,11-12H2,1-3H3,(H,23,25,29). The molecule has 0 atom stereocenters. The number of anilines is 1. The molecule has 0 bridgehead atoms. The van der Waals surface area contributed by atoms with E-state index in [-0.39, 0.29) is 24.5 Å². The fourth-order valence-electron chi connectivity index (χ4n) is 2.65. The SMILES string of the molecule is CC(C)COC(=O)Nc1cccc(COc2nc3ccccc3n2C(=N)N(C)N=N)n1. The quantitative estimate of drug-likeness (QED) is 0.227. The van der Waals surface area contributed by atoms with Crippen LogP contribution in [0.1, 0.15) is 19.5 Å². The number of amides is 1. The number of ether oxygens (including phenoxy) is 2. The van der Waals surface area contributed by atoms with E-state index in [1.165, 1.54) is 11.6 Å². The number of imidazole rings is 1. The molecule has 2 heterocycles. The van der Waals surface area contributed by atoms with E-state index in [0.29, 0.717) is 29.2 Å². The van der Waals surface area contributed by atoms with Crippen molar-refractivity contribution in [3.05, 3.63) is 48.2 Å². The van der Waals surface area contributed by atoms with Crippen LogP contribution in [0.3, 0.4) is 0 Å². The Morgan fingerprint density at radius 3 is 2.74 bits per heavy atom. The zero-order valence-corrected chi connectivity index (χ0v) is 17.5. The molecule has 0 saturated carbocycles. The van der Waals surface area contributed by atoms with Crippen LogP contribution in [0, 0.1) is 16.9 Å². The third-order valence-electron chi connectivity index (χ3n) is 4.13. The number of fused-ring (bicyclic) bond motifs is 1. The summed E-state index contributed by atoms with van der Waals surface area (Å²) in [5.41, 5.74) is 9.00. The van der Waals surface area contributed by atoms with Crippen LogP contribution < -0.4 is 10.1 Å². The first-order chi connectivity index (χ1) is 14.9. The topological polar surface area (TPSA) is 142 Å². The van der Waals surface area contributed by atoms with Crippen LogP contribution in [0.5, 0.6) is 6.01 Å². The van der Waals surface area contributed by atoms with Crippen LogP contribution >= 0.6 is 0 Å². The lowest BCUT2D eigenvalue weighted by molar-refractivity contribution is 0.147. The zero-order valence-electron chi connectivity index (χ0n) is 17.5. The highest BCUT2D eigenvalue weighted by molar-refractivity contribution is 5.91. The Bertz CT molecular complexity index is 1090. The van der Waals surface area contributed by atoms with Gasteiger partial charge >= 0.3 is 12.1 Å². The molecule has 1 amide bonds. The summed E-state index contributed by atoms with van der Waals surface area (Å²) in [5.74, 6) is 0.483. The van der Waals surface area contributed by atoms with Crippen LogP contribution in [0.2, 0.25) is 0 Å². The lowest BCUT2D eigenvalue weighted by atomic mass is 10.2. The molecule has 162 valence electrons. The van der Waals surface area contributed by atoms with Crippen molar-refractivity contribution in [1.29, 1.82) is 10.9 Å². The molecule has 0 radical (unpaired) electrons. The Labute approximate surface area is 179 Å². The average molecular weight is 424 g/mol. The predicted octanol–water partition coefficient (Wildman–Crippen LogP) is 3.88. The van der Waals surface area contributed by atoms with Crippen LogP contribution in [0.4, 0.5) is 10.6 Å². The molecular weight excluding hydrogens is 400 g/mol. The van der Waals surface area contributed by atoms with E-state index in [1.807, 2.05) is 26.0 Å². The second kappa shape index (κ2) is 9.65. The first-order valence-electron chi connectivity index (χ1n) is 9.59. The maximum atomic E-state index is 11.8. The monoisotopic (exact) mass is 424 g/mol. The molecule has 0 aliphatic rings. The van der Waals surface area contributed by atoms with Crippen molar-refractivity contribution in [1.82, 2.24) is 19.5 Å². The minimum Gasteiger partial charge on any atom is -0.458 e. The Morgan fingerprint density at radius 2 is 2.00 bits per heavy atom. The zero-order chi connectivity index (χ0) is 22.4. The summed E-state index contributed by atoms with van der Waals surface area (Å²) in [6.07, 6.45) is -0.573. The number of carbonyl (C=O) groups is 1. The van der Waals surface area contributed by atoms with Gasteiger partial charge in [0.2, 0.25) is 5.96 Å². The molecule has 0 saturated heterocycles. The molecular formula is C20H24N8O3. The van der Waals surface area contributed by atoms with Gasteiger partial charge in [-0.05, 0) is 30.2 Å². The van der Waals surface area contributed by atoms with Gasteiger partial charge in [0.05, 0.1) is 23.3 Å². The molecule has 11 heteroatoms. The molecule has 0 unspecified atom stereocenters. The van der Waals surface area contributed by atoms with Gasteiger partial charge in [-0.3, -0.25) is 10.7 Å². The van der Waals surface area contributed by atoms with Crippen molar-refractivity contribution in [2.45, 2.75) is 20.5 Å². The molecule has 3 rings (SSSR count). The van der Waals surface area contributed by atoms with Gasteiger partial charge in [-0.2, -0.15) is 10.5 Å².